The molecule has 160 valence electrons. The predicted octanol–water partition coefficient (Wildman–Crippen LogP) is 5.85. The van der Waals surface area contributed by atoms with Crippen LogP contribution in [0.5, 0.6) is 0 Å². The maximum absolute atomic E-state index is 11.2. The van der Waals surface area contributed by atoms with Crippen molar-refractivity contribution in [3.8, 4) is 0 Å². The molecule has 0 aromatic carbocycles. The van der Waals surface area contributed by atoms with Gasteiger partial charge in [-0.25, -0.2) is 4.79 Å². The Hall–Kier alpha value is 0.140. The summed E-state index contributed by atoms with van der Waals surface area (Å²) in [5.41, 5.74) is 0.399. The van der Waals surface area contributed by atoms with E-state index in [4.69, 9.17) is 17.8 Å². The fraction of sp³-hybridized carbons (Fsp3) is 0.842. The monoisotopic (exact) mass is 440 g/mol. The molecule has 0 spiro atoms. The quantitative estimate of drug-likeness (QED) is 0.0918. The summed E-state index contributed by atoms with van der Waals surface area (Å²) in [5, 5.41) is 0. The Kier molecular flexibility index (Phi) is 15.1. The van der Waals surface area contributed by atoms with Crippen LogP contribution in [0.2, 0.25) is 0 Å². The largest absolute Gasteiger partial charge is 0.460 e. The lowest BCUT2D eigenvalue weighted by Crippen LogP contribution is -2.23. The smallest absolute Gasteiger partial charge is 0.333 e. The second-order valence-corrected chi connectivity index (χ2v) is 10.8. The van der Waals surface area contributed by atoms with Gasteiger partial charge in [0, 0.05) is 30.0 Å². The van der Waals surface area contributed by atoms with Crippen LogP contribution in [0.4, 0.5) is 0 Å². The maximum atomic E-state index is 11.2. The van der Waals surface area contributed by atoms with Crippen LogP contribution >= 0.6 is 35.8 Å². The molecule has 0 radical (unpaired) electrons. The molecule has 0 amide bonds. The molecular formula is C19H36O5S3. The van der Waals surface area contributed by atoms with Crippen LogP contribution in [0.15, 0.2) is 12.2 Å². The molecule has 0 rings (SSSR count). The number of hydrogen-bond acceptors (Lipinski definition) is 8. The second-order valence-electron chi connectivity index (χ2n) is 6.96. The van der Waals surface area contributed by atoms with Crippen LogP contribution in [0.3, 0.4) is 0 Å². The zero-order valence-corrected chi connectivity index (χ0v) is 20.1. The second kappa shape index (κ2) is 15.0. The highest BCUT2D eigenvalue weighted by Gasteiger charge is 2.27. The summed E-state index contributed by atoms with van der Waals surface area (Å²) in [6.07, 6.45) is 3.26. The van der Waals surface area contributed by atoms with Crippen LogP contribution in [0.1, 0.15) is 60.8 Å². The lowest BCUT2D eigenvalue weighted by atomic mass is 10.4. The van der Waals surface area contributed by atoms with E-state index in [1.165, 1.54) is 36.9 Å². The lowest BCUT2D eigenvalue weighted by Gasteiger charge is -2.29. The van der Waals surface area contributed by atoms with Crippen LogP contribution in [-0.4, -0.2) is 47.2 Å². The van der Waals surface area contributed by atoms with E-state index >= 15 is 0 Å². The number of hydrogen-bond donors (Lipinski definition) is 0. The molecule has 0 aromatic rings. The first-order valence-corrected chi connectivity index (χ1v) is 11.9. The average molecular weight is 441 g/mol. The average Bonchev–Trinajstić information content (AvgIpc) is 2.58. The molecule has 0 N–H and O–H groups in total. The van der Waals surface area contributed by atoms with Gasteiger partial charge in [-0.05, 0) is 65.3 Å². The van der Waals surface area contributed by atoms with Gasteiger partial charge >= 0.3 is 5.97 Å². The van der Waals surface area contributed by atoms with Gasteiger partial charge in [0.1, 0.15) is 16.5 Å². The van der Waals surface area contributed by atoms with Crippen LogP contribution in [-0.2, 0) is 22.6 Å². The molecule has 8 heteroatoms. The van der Waals surface area contributed by atoms with Crippen molar-refractivity contribution in [2.45, 2.75) is 70.7 Å². The molecule has 5 nitrogen and oxygen atoms in total. The van der Waals surface area contributed by atoms with E-state index in [9.17, 15) is 4.79 Å². The Morgan fingerprint density at radius 2 is 1.67 bits per heavy atom. The van der Waals surface area contributed by atoms with Crippen LogP contribution in [0.25, 0.3) is 0 Å². The molecule has 0 unspecified atom stereocenters. The van der Waals surface area contributed by atoms with E-state index in [0.29, 0.717) is 18.8 Å². The van der Waals surface area contributed by atoms with E-state index in [1.807, 2.05) is 25.6 Å². The molecule has 27 heavy (non-hydrogen) atoms. The van der Waals surface area contributed by atoms with Gasteiger partial charge in [0.05, 0.1) is 6.61 Å². The molecule has 0 aliphatic carbocycles. The minimum atomic E-state index is -0.426. The highest BCUT2D eigenvalue weighted by atomic mass is 32.2. The number of ether oxygens (including phenoxy) is 2. The molecule has 0 atom stereocenters. The van der Waals surface area contributed by atoms with Crippen LogP contribution in [0, 0.1) is 0 Å². The van der Waals surface area contributed by atoms with Crippen molar-refractivity contribution in [2.75, 3.05) is 31.3 Å². The van der Waals surface area contributed by atoms with Gasteiger partial charge in [-0.15, -0.1) is 11.8 Å². The molecule has 0 aromatic heterocycles. The number of rotatable bonds is 17. The molecule has 0 aliphatic rings. The van der Waals surface area contributed by atoms with E-state index in [-0.39, 0.29) is 17.5 Å². The van der Waals surface area contributed by atoms with Gasteiger partial charge in [0.2, 0.25) is 0 Å². The number of thioether (sulfide) groups is 1. The Labute approximate surface area is 178 Å². The molecule has 0 heterocycles. The maximum Gasteiger partial charge on any atom is 0.333 e. The summed E-state index contributed by atoms with van der Waals surface area (Å²) in [6.45, 7) is 16.8. The topological polar surface area (TPSA) is 54.0 Å². The zero-order valence-electron chi connectivity index (χ0n) is 17.6. The Morgan fingerprint density at radius 3 is 2.30 bits per heavy atom. The van der Waals surface area contributed by atoms with E-state index in [2.05, 4.69) is 27.4 Å². The third-order valence-electron chi connectivity index (χ3n) is 2.98. The first-order valence-electron chi connectivity index (χ1n) is 9.31. The third-order valence-corrected chi connectivity index (χ3v) is 6.43. The lowest BCUT2D eigenvalue weighted by molar-refractivity contribution is -0.140. The third kappa shape index (κ3) is 16.8. The van der Waals surface area contributed by atoms with Crippen molar-refractivity contribution >= 4 is 41.8 Å². The zero-order chi connectivity index (χ0) is 20.8. The standard InChI is InChI=1S/C19H36O5S3/c1-8-9-14-25-18(4,5)24-27-19(6,7)23-26-15-10-11-21-12-13-22-17(20)16(2)3/h2,8-15H2,1,3-7H3. The van der Waals surface area contributed by atoms with Gasteiger partial charge in [-0.2, -0.15) is 0 Å². The Bertz CT molecular complexity index is 428. The summed E-state index contributed by atoms with van der Waals surface area (Å²) in [7, 11) is 0. The summed E-state index contributed by atoms with van der Waals surface area (Å²) < 4.78 is 22.2. The van der Waals surface area contributed by atoms with E-state index in [0.717, 1.165) is 17.9 Å². The van der Waals surface area contributed by atoms with Gasteiger partial charge in [0.25, 0.3) is 0 Å². The normalized spacial score (nSPS) is 12.2. The number of carbonyl (C=O) groups is 1. The Morgan fingerprint density at radius 1 is 0.963 bits per heavy atom. The van der Waals surface area contributed by atoms with Gasteiger partial charge in [-0.1, -0.05) is 19.9 Å². The van der Waals surface area contributed by atoms with E-state index < -0.39 is 4.93 Å². The van der Waals surface area contributed by atoms with Crippen molar-refractivity contribution in [3.63, 3.8) is 0 Å². The molecule has 0 saturated carbocycles. The highest BCUT2D eigenvalue weighted by molar-refractivity contribution is 8.02. The highest BCUT2D eigenvalue weighted by Crippen LogP contribution is 2.38. The van der Waals surface area contributed by atoms with Gasteiger partial charge in [0.15, 0.2) is 0 Å². The summed E-state index contributed by atoms with van der Waals surface area (Å²) in [5.74, 6) is 1.55. The van der Waals surface area contributed by atoms with Gasteiger partial charge < -0.3 is 9.47 Å². The molecular weight excluding hydrogens is 404 g/mol. The molecule has 0 fully saturated rings. The fourth-order valence-electron chi connectivity index (χ4n) is 1.52. The molecule has 0 bridgehead atoms. The van der Waals surface area contributed by atoms with E-state index in [1.54, 1.807) is 6.92 Å². The number of esters is 1. The van der Waals surface area contributed by atoms with Crippen molar-refractivity contribution < 1.29 is 22.6 Å². The molecule has 0 aliphatic heterocycles. The minimum absolute atomic E-state index is 0.230. The summed E-state index contributed by atoms with van der Waals surface area (Å²) in [6, 6.07) is 0. The van der Waals surface area contributed by atoms with Crippen molar-refractivity contribution in [1.29, 1.82) is 0 Å². The number of unbranched alkanes of at least 4 members (excludes halogenated alkanes) is 1. The first-order chi connectivity index (χ1) is 12.6. The number of carbonyl (C=O) groups excluding carboxylic acids is 1. The fourth-order valence-corrected chi connectivity index (χ4v) is 4.00. The van der Waals surface area contributed by atoms with Crippen molar-refractivity contribution in [2.24, 2.45) is 0 Å². The van der Waals surface area contributed by atoms with Crippen molar-refractivity contribution in [3.05, 3.63) is 12.2 Å². The van der Waals surface area contributed by atoms with Gasteiger partial charge in [-0.3, -0.25) is 8.37 Å². The summed E-state index contributed by atoms with van der Waals surface area (Å²) >= 11 is 4.62. The SMILES string of the molecule is C=C(C)C(=O)OCCOCCCSOC(C)(C)SOC(C)(C)SCCCC. The Balaban J connectivity index is 3.69. The van der Waals surface area contributed by atoms with Crippen LogP contribution < -0.4 is 0 Å². The minimum Gasteiger partial charge on any atom is -0.460 e. The first kappa shape index (κ1) is 27.1. The molecule has 0 saturated heterocycles. The van der Waals surface area contributed by atoms with Crippen molar-refractivity contribution in [1.82, 2.24) is 0 Å². The predicted molar refractivity (Wildman–Crippen MR) is 119 cm³/mol. The summed E-state index contributed by atoms with van der Waals surface area (Å²) in [4.78, 5) is 10.5.